The second-order valence-electron chi connectivity index (χ2n) is 17.0. The average molecular weight is 706 g/mol. The molecule has 5 amide bonds. The van der Waals surface area contributed by atoms with E-state index in [1.54, 1.807) is 9.80 Å². The van der Waals surface area contributed by atoms with Crippen LogP contribution < -0.4 is 16.0 Å². The zero-order valence-corrected chi connectivity index (χ0v) is 30.8. The summed E-state index contributed by atoms with van der Waals surface area (Å²) in [6.45, 7) is 10.3. The fourth-order valence-corrected chi connectivity index (χ4v) is 8.72. The Morgan fingerprint density at radius 3 is 2.25 bits per heavy atom. The summed E-state index contributed by atoms with van der Waals surface area (Å²) in [6.07, 6.45) is 13.2. The zero-order chi connectivity index (χ0) is 36.7. The Labute approximate surface area is 300 Å². The molecule has 0 aromatic carbocycles. The number of aromatic nitrogens is 2. The third-order valence-electron chi connectivity index (χ3n) is 11.8. The first-order valence-electron chi connectivity index (χ1n) is 19.1. The molecule has 278 valence electrons. The summed E-state index contributed by atoms with van der Waals surface area (Å²) < 4.78 is 0. The normalized spacial score (nSPS) is 25.6. The van der Waals surface area contributed by atoms with Crippen LogP contribution in [0.1, 0.15) is 116 Å². The monoisotopic (exact) mass is 705 g/mol. The maximum absolute atomic E-state index is 15.0. The summed E-state index contributed by atoms with van der Waals surface area (Å²) >= 11 is 0. The van der Waals surface area contributed by atoms with Gasteiger partial charge in [0.25, 0.3) is 11.8 Å². The second-order valence-corrected chi connectivity index (χ2v) is 17.0. The smallest absolute Gasteiger partial charge is 0.287 e. The fraction of sp³-hybridized carbons (Fsp3) is 0.737. The topological polar surface area (TPSA) is 171 Å². The van der Waals surface area contributed by atoms with E-state index < -0.39 is 52.6 Å². The van der Waals surface area contributed by atoms with Crippen LogP contribution in [0.3, 0.4) is 0 Å². The van der Waals surface area contributed by atoms with Crippen molar-refractivity contribution in [2.45, 2.75) is 135 Å². The Balaban J connectivity index is 1.23. The van der Waals surface area contributed by atoms with Crippen molar-refractivity contribution >= 4 is 35.3 Å². The molecule has 13 heteroatoms. The SMILES string of the molecule is CC(C)[C@H]1CCN(C(=O)[C@@H](N2C(=O)[C@@H](NC(=O)c3cnccn3)C23CCCCC3)C(C)(C)C)[C@@H]1C(=O)NCC(CC1CC1)C(=O)C(=O)NC1CC1. The van der Waals surface area contributed by atoms with E-state index in [0.717, 1.165) is 44.9 Å². The summed E-state index contributed by atoms with van der Waals surface area (Å²) in [6, 6.07) is -2.40. The van der Waals surface area contributed by atoms with Crippen LogP contribution in [-0.2, 0) is 24.0 Å². The molecule has 3 saturated carbocycles. The van der Waals surface area contributed by atoms with Crippen LogP contribution in [-0.4, -0.2) is 97.9 Å². The number of amides is 5. The van der Waals surface area contributed by atoms with Gasteiger partial charge in [-0.2, -0.15) is 0 Å². The van der Waals surface area contributed by atoms with Gasteiger partial charge in [0.05, 0.1) is 11.7 Å². The first-order chi connectivity index (χ1) is 24.2. The summed E-state index contributed by atoms with van der Waals surface area (Å²) in [5.74, 6) is -2.75. The molecule has 1 spiro atoms. The average Bonchev–Trinajstić information content (AvgIpc) is 4.05. The lowest BCUT2D eigenvalue weighted by molar-refractivity contribution is -0.187. The molecule has 5 atom stereocenters. The largest absolute Gasteiger partial charge is 0.354 e. The molecule has 2 saturated heterocycles. The summed E-state index contributed by atoms with van der Waals surface area (Å²) in [5, 5.41) is 8.74. The highest BCUT2D eigenvalue weighted by Crippen LogP contribution is 2.49. The molecule has 0 bridgehead atoms. The zero-order valence-electron chi connectivity index (χ0n) is 30.8. The molecule has 1 unspecified atom stereocenters. The van der Waals surface area contributed by atoms with Crippen molar-refractivity contribution in [3.05, 3.63) is 24.3 Å². The molecule has 51 heavy (non-hydrogen) atoms. The molecule has 5 fully saturated rings. The van der Waals surface area contributed by atoms with E-state index in [2.05, 4.69) is 25.9 Å². The van der Waals surface area contributed by atoms with Crippen molar-refractivity contribution in [3.8, 4) is 0 Å². The van der Waals surface area contributed by atoms with Crippen molar-refractivity contribution in [1.82, 2.24) is 35.7 Å². The van der Waals surface area contributed by atoms with Crippen molar-refractivity contribution in [2.24, 2.45) is 29.1 Å². The molecule has 3 heterocycles. The predicted octanol–water partition coefficient (Wildman–Crippen LogP) is 2.79. The van der Waals surface area contributed by atoms with Gasteiger partial charge in [-0.25, -0.2) is 4.98 Å². The van der Waals surface area contributed by atoms with Gasteiger partial charge in [0, 0.05) is 37.4 Å². The van der Waals surface area contributed by atoms with E-state index in [0.29, 0.717) is 38.1 Å². The Morgan fingerprint density at radius 1 is 0.961 bits per heavy atom. The van der Waals surface area contributed by atoms with Crippen molar-refractivity contribution in [1.29, 1.82) is 0 Å². The lowest BCUT2D eigenvalue weighted by Gasteiger charge is -2.63. The van der Waals surface area contributed by atoms with E-state index in [1.807, 2.05) is 34.6 Å². The number of rotatable bonds is 13. The first kappa shape index (κ1) is 36.9. The molecule has 3 aliphatic carbocycles. The number of nitrogens with one attached hydrogen (secondary N) is 3. The van der Waals surface area contributed by atoms with Gasteiger partial charge in [0.2, 0.25) is 23.5 Å². The molecule has 13 nitrogen and oxygen atoms in total. The van der Waals surface area contributed by atoms with Crippen molar-refractivity contribution in [3.63, 3.8) is 0 Å². The van der Waals surface area contributed by atoms with Crippen LogP contribution in [0.2, 0.25) is 0 Å². The number of Topliss-reactive ketones (excluding diaryl/α,β-unsaturated/α-hetero) is 1. The van der Waals surface area contributed by atoms with Gasteiger partial charge < -0.3 is 25.8 Å². The summed E-state index contributed by atoms with van der Waals surface area (Å²) in [5.41, 5.74) is -1.31. The van der Waals surface area contributed by atoms with Gasteiger partial charge in [0.1, 0.15) is 23.8 Å². The van der Waals surface area contributed by atoms with Crippen LogP contribution in [0.25, 0.3) is 0 Å². The predicted molar refractivity (Wildman–Crippen MR) is 188 cm³/mol. The number of carbonyl (C=O) groups is 6. The maximum Gasteiger partial charge on any atom is 0.287 e. The highest BCUT2D eigenvalue weighted by atomic mass is 16.2. The minimum Gasteiger partial charge on any atom is -0.354 e. The highest BCUT2D eigenvalue weighted by Gasteiger charge is 2.66. The molecule has 1 aromatic heterocycles. The molecule has 6 rings (SSSR count). The number of β-lactam (4-membered cyclic amide) rings is 1. The van der Waals surface area contributed by atoms with Crippen LogP contribution in [0.5, 0.6) is 0 Å². The number of nitrogens with zero attached hydrogens (tertiary/aromatic N) is 4. The molecular formula is C38H55N7O6. The van der Waals surface area contributed by atoms with Gasteiger partial charge in [-0.3, -0.25) is 33.8 Å². The highest BCUT2D eigenvalue weighted by molar-refractivity contribution is 6.37. The van der Waals surface area contributed by atoms with Gasteiger partial charge in [-0.15, -0.1) is 0 Å². The van der Waals surface area contributed by atoms with E-state index in [1.165, 1.54) is 18.6 Å². The Kier molecular flexibility index (Phi) is 10.6. The van der Waals surface area contributed by atoms with Crippen LogP contribution >= 0.6 is 0 Å². The van der Waals surface area contributed by atoms with Crippen LogP contribution in [0.4, 0.5) is 0 Å². The van der Waals surface area contributed by atoms with E-state index >= 15 is 0 Å². The number of ketones is 1. The maximum atomic E-state index is 15.0. The number of hydrogen-bond acceptors (Lipinski definition) is 8. The van der Waals surface area contributed by atoms with Gasteiger partial charge in [-0.05, 0) is 61.7 Å². The summed E-state index contributed by atoms with van der Waals surface area (Å²) in [7, 11) is 0. The van der Waals surface area contributed by atoms with E-state index in [4.69, 9.17) is 0 Å². The number of carbonyl (C=O) groups excluding carboxylic acids is 6. The standard InChI is InChI=1S/C38H55N7O6/c1-22(2)26-13-18-44(28(26)33(48)41-20-24(19-23-9-10-23)29(46)34(49)42-25-11-12-25)36(51)31(37(3,4)5)45-35(50)30(38(45)14-7-6-8-15-38)43-32(47)27-21-39-16-17-40-27/h16-17,21-26,28,30-31H,6-15,18-20H2,1-5H3,(H,41,48)(H,42,49)(H,43,47)/t24?,26-,28+,30-,31-/m1/s1. The van der Waals surface area contributed by atoms with Crippen molar-refractivity contribution in [2.75, 3.05) is 13.1 Å². The Bertz CT molecular complexity index is 1510. The van der Waals surface area contributed by atoms with Gasteiger partial charge in [-0.1, -0.05) is 66.7 Å². The first-order valence-corrected chi connectivity index (χ1v) is 19.1. The lowest BCUT2D eigenvalue weighted by Crippen LogP contribution is -2.83. The minimum absolute atomic E-state index is 0.0409. The lowest BCUT2D eigenvalue weighted by atomic mass is 9.65. The van der Waals surface area contributed by atoms with Crippen molar-refractivity contribution < 1.29 is 28.8 Å². The second kappa shape index (κ2) is 14.6. The molecule has 5 aliphatic rings. The van der Waals surface area contributed by atoms with E-state index in [9.17, 15) is 28.8 Å². The molecule has 2 aliphatic heterocycles. The van der Waals surface area contributed by atoms with Gasteiger partial charge >= 0.3 is 0 Å². The molecule has 1 aromatic rings. The Hall–Kier alpha value is -3.90. The van der Waals surface area contributed by atoms with E-state index in [-0.39, 0.29) is 47.8 Å². The third-order valence-corrected chi connectivity index (χ3v) is 11.8. The summed E-state index contributed by atoms with van der Waals surface area (Å²) in [4.78, 5) is 94.0. The molecular weight excluding hydrogens is 650 g/mol. The van der Waals surface area contributed by atoms with Gasteiger partial charge in [0.15, 0.2) is 0 Å². The quantitative estimate of drug-likeness (QED) is 0.208. The Morgan fingerprint density at radius 2 is 1.67 bits per heavy atom. The number of hydrogen-bond donors (Lipinski definition) is 3. The minimum atomic E-state index is -0.871. The number of likely N-dealkylation sites (tertiary alicyclic amines) is 2. The van der Waals surface area contributed by atoms with Crippen LogP contribution in [0.15, 0.2) is 18.6 Å². The fourth-order valence-electron chi connectivity index (χ4n) is 8.72. The molecule has 0 radical (unpaired) electrons. The van der Waals surface area contributed by atoms with Crippen LogP contribution in [0, 0.1) is 29.1 Å². The molecule has 3 N–H and O–H groups in total. The third kappa shape index (κ3) is 7.67.